The van der Waals surface area contributed by atoms with E-state index >= 15 is 0 Å². The van der Waals surface area contributed by atoms with Gasteiger partial charge in [0.2, 0.25) is 15.9 Å². The Bertz CT molecular complexity index is 1130. The van der Waals surface area contributed by atoms with Crippen molar-refractivity contribution in [1.82, 2.24) is 10.0 Å². The molecular weight excluding hydrogens is 440 g/mol. The average molecular weight is 464 g/mol. The van der Waals surface area contributed by atoms with E-state index in [0.717, 1.165) is 23.4 Å². The first-order chi connectivity index (χ1) is 15.3. The fourth-order valence-electron chi connectivity index (χ4n) is 3.79. The van der Waals surface area contributed by atoms with Crippen molar-refractivity contribution >= 4 is 27.7 Å². The molecule has 0 spiro atoms. The average Bonchev–Trinajstić information content (AvgIpc) is 2.77. The summed E-state index contributed by atoms with van der Waals surface area (Å²) < 4.78 is 57.4. The monoisotopic (exact) mass is 463 g/mol. The molecule has 0 unspecified atom stereocenters. The number of allylic oxidation sites excluding steroid dienone is 1. The van der Waals surface area contributed by atoms with Gasteiger partial charge in [-0.3, -0.25) is 4.79 Å². The molecule has 32 heavy (non-hydrogen) atoms. The Hall–Kier alpha value is -2.98. The van der Waals surface area contributed by atoms with Gasteiger partial charge in [0.25, 0.3) is 0 Å². The Kier molecular flexibility index (Phi) is 6.43. The van der Waals surface area contributed by atoms with Crippen LogP contribution in [0.5, 0.6) is 5.75 Å². The molecule has 0 radical (unpaired) electrons. The maximum absolute atomic E-state index is 12.8. The molecule has 0 bridgehead atoms. The topological polar surface area (TPSA) is 87.7 Å². The summed E-state index contributed by atoms with van der Waals surface area (Å²) in [6, 6.07) is 11.9. The van der Waals surface area contributed by atoms with Gasteiger partial charge in [0.1, 0.15) is 5.75 Å². The fourth-order valence-corrected chi connectivity index (χ4v) is 4.98. The molecule has 1 aliphatic heterocycles. The van der Waals surface area contributed by atoms with Crippen LogP contribution >= 0.6 is 0 Å². The molecule has 170 valence electrons. The van der Waals surface area contributed by atoms with Gasteiger partial charge in [-0.1, -0.05) is 18.2 Å². The zero-order valence-corrected chi connectivity index (χ0v) is 18.0. The summed E-state index contributed by atoms with van der Waals surface area (Å²) >= 11 is 0. The van der Waals surface area contributed by atoms with Gasteiger partial charge in [0, 0.05) is 25.3 Å². The number of ether oxygens (including phenoxy) is 1. The number of carbonyl (C=O) groups is 1. The summed E-state index contributed by atoms with van der Waals surface area (Å²) in [6.45, 7) is -1.14. The van der Waals surface area contributed by atoms with Crippen LogP contribution in [0.1, 0.15) is 23.1 Å². The van der Waals surface area contributed by atoms with Crippen LogP contribution in [0.15, 0.2) is 47.4 Å². The number of alkyl halides is 2. The van der Waals surface area contributed by atoms with Crippen molar-refractivity contribution in [2.45, 2.75) is 26.0 Å². The molecule has 7 nitrogen and oxygen atoms in total. The maximum Gasteiger partial charge on any atom is 0.387 e. The summed E-state index contributed by atoms with van der Waals surface area (Å²) in [5.74, 6) is 0.0402. The standard InChI is InChI=1S/C22H23F2N3O4S/c23-22(24)31-19-7-3-17-12-20(8-4-16(17)11-19)32(29,30)26-13-15-1-5-18(6-2-15)27-10-9-25-21(28)14-27/h1-3,5-7,11-12,22,26H,4,8-10,13-14H2,(H,25,28). The lowest BCUT2D eigenvalue weighted by atomic mass is 9.97. The Morgan fingerprint density at radius 3 is 2.62 bits per heavy atom. The number of halogens is 2. The van der Waals surface area contributed by atoms with Gasteiger partial charge in [0.05, 0.1) is 11.4 Å². The Labute approximate surface area is 185 Å². The van der Waals surface area contributed by atoms with Gasteiger partial charge >= 0.3 is 6.61 Å². The molecule has 2 aromatic carbocycles. The van der Waals surface area contributed by atoms with Crippen LogP contribution in [0.25, 0.3) is 6.08 Å². The van der Waals surface area contributed by atoms with E-state index in [2.05, 4.69) is 14.8 Å². The van der Waals surface area contributed by atoms with E-state index in [1.807, 2.05) is 29.2 Å². The third-order valence-corrected chi connectivity index (χ3v) is 6.98. The number of piperazine rings is 1. The van der Waals surface area contributed by atoms with E-state index in [9.17, 15) is 22.0 Å². The number of anilines is 1. The first-order valence-electron chi connectivity index (χ1n) is 10.2. The van der Waals surface area contributed by atoms with Gasteiger partial charge < -0.3 is 15.0 Å². The SMILES string of the molecule is O=C1CN(c2ccc(CNS(=O)(=O)C3=Cc4ccc(OC(F)F)cc4CC3)cc2)CCN1. The van der Waals surface area contributed by atoms with Crippen molar-refractivity contribution in [1.29, 1.82) is 0 Å². The molecule has 1 heterocycles. The molecule has 1 saturated heterocycles. The van der Waals surface area contributed by atoms with Crippen LogP contribution in [-0.4, -0.2) is 40.6 Å². The number of amides is 1. The number of hydrogen-bond acceptors (Lipinski definition) is 5. The lowest BCUT2D eigenvalue weighted by Gasteiger charge is -2.28. The highest BCUT2D eigenvalue weighted by molar-refractivity contribution is 7.93. The molecule has 2 aliphatic rings. The van der Waals surface area contributed by atoms with E-state index in [1.165, 1.54) is 12.1 Å². The molecule has 1 fully saturated rings. The Balaban J connectivity index is 1.40. The fraction of sp³-hybridized carbons (Fsp3) is 0.318. The number of benzene rings is 2. The van der Waals surface area contributed by atoms with Crippen LogP contribution < -0.4 is 19.7 Å². The Morgan fingerprint density at radius 2 is 1.91 bits per heavy atom. The number of rotatable bonds is 7. The van der Waals surface area contributed by atoms with E-state index in [4.69, 9.17) is 0 Å². The summed E-state index contributed by atoms with van der Waals surface area (Å²) in [5.41, 5.74) is 3.15. The first kappa shape index (κ1) is 22.2. The number of nitrogens with one attached hydrogen (secondary N) is 2. The zero-order chi connectivity index (χ0) is 22.7. The van der Waals surface area contributed by atoms with Crippen molar-refractivity contribution in [2.24, 2.45) is 0 Å². The first-order valence-corrected chi connectivity index (χ1v) is 11.7. The highest BCUT2D eigenvalue weighted by atomic mass is 32.2. The van der Waals surface area contributed by atoms with E-state index in [0.29, 0.717) is 25.1 Å². The molecular formula is C22H23F2N3O4S. The second-order valence-electron chi connectivity index (χ2n) is 7.61. The van der Waals surface area contributed by atoms with E-state index in [-0.39, 0.29) is 29.5 Å². The lowest BCUT2D eigenvalue weighted by molar-refractivity contribution is -0.120. The van der Waals surface area contributed by atoms with Crippen LogP contribution in [0.3, 0.4) is 0 Å². The minimum atomic E-state index is -3.69. The number of hydrogen-bond donors (Lipinski definition) is 2. The normalized spacial score (nSPS) is 16.4. The predicted molar refractivity (Wildman–Crippen MR) is 117 cm³/mol. The van der Waals surface area contributed by atoms with E-state index < -0.39 is 16.6 Å². The molecule has 0 atom stereocenters. The molecule has 10 heteroatoms. The van der Waals surface area contributed by atoms with Gasteiger partial charge in [-0.2, -0.15) is 8.78 Å². The quantitative estimate of drug-likeness (QED) is 0.659. The Morgan fingerprint density at radius 1 is 1.12 bits per heavy atom. The summed E-state index contributed by atoms with van der Waals surface area (Å²) in [6.07, 6.45) is 2.26. The van der Waals surface area contributed by atoms with Gasteiger partial charge in [-0.25, -0.2) is 13.1 Å². The highest BCUT2D eigenvalue weighted by Gasteiger charge is 2.22. The van der Waals surface area contributed by atoms with Crippen LogP contribution in [0.2, 0.25) is 0 Å². The minimum Gasteiger partial charge on any atom is -0.435 e. The summed E-state index contributed by atoms with van der Waals surface area (Å²) in [5, 5.41) is 2.78. The van der Waals surface area contributed by atoms with Crippen molar-refractivity contribution in [3.8, 4) is 5.75 Å². The number of sulfonamides is 1. The van der Waals surface area contributed by atoms with Gasteiger partial charge in [0.15, 0.2) is 0 Å². The smallest absolute Gasteiger partial charge is 0.387 e. The number of carbonyl (C=O) groups excluding carboxylic acids is 1. The third kappa shape index (κ3) is 5.25. The second-order valence-corrected chi connectivity index (χ2v) is 9.43. The number of aryl methyl sites for hydroxylation is 1. The van der Waals surface area contributed by atoms with Crippen LogP contribution in [0.4, 0.5) is 14.5 Å². The number of nitrogens with zero attached hydrogens (tertiary/aromatic N) is 1. The molecule has 1 amide bonds. The number of fused-ring (bicyclic) bond motifs is 1. The lowest BCUT2D eigenvalue weighted by Crippen LogP contribution is -2.47. The summed E-state index contributed by atoms with van der Waals surface area (Å²) in [4.78, 5) is 13.8. The molecule has 1 aliphatic carbocycles. The zero-order valence-electron chi connectivity index (χ0n) is 17.2. The van der Waals surface area contributed by atoms with Crippen molar-refractivity contribution in [3.63, 3.8) is 0 Å². The molecule has 4 rings (SSSR count). The predicted octanol–water partition coefficient (Wildman–Crippen LogP) is 2.63. The van der Waals surface area contributed by atoms with E-state index in [1.54, 1.807) is 12.1 Å². The molecule has 2 N–H and O–H groups in total. The molecule has 0 saturated carbocycles. The molecule has 2 aromatic rings. The van der Waals surface area contributed by atoms with Crippen LogP contribution in [0, 0.1) is 0 Å². The maximum atomic E-state index is 12.8. The highest BCUT2D eigenvalue weighted by Crippen LogP contribution is 2.30. The van der Waals surface area contributed by atoms with Crippen LogP contribution in [-0.2, 0) is 27.8 Å². The minimum absolute atomic E-state index is 0.0202. The van der Waals surface area contributed by atoms with Crippen molar-refractivity contribution < 1.29 is 26.7 Å². The second kappa shape index (κ2) is 9.25. The largest absolute Gasteiger partial charge is 0.435 e. The molecule has 0 aromatic heterocycles. The van der Waals surface area contributed by atoms with Crippen molar-refractivity contribution in [2.75, 3.05) is 24.5 Å². The van der Waals surface area contributed by atoms with Gasteiger partial charge in [-0.15, -0.1) is 0 Å². The van der Waals surface area contributed by atoms with Crippen molar-refractivity contribution in [3.05, 3.63) is 64.1 Å². The third-order valence-electron chi connectivity index (χ3n) is 5.45. The van der Waals surface area contributed by atoms with Gasteiger partial charge in [-0.05, 0) is 59.9 Å². The summed E-state index contributed by atoms with van der Waals surface area (Å²) in [7, 11) is -3.69.